The largest absolute Gasteiger partial charge is 0.478 e. The molecule has 1 aromatic rings. The van der Waals surface area contributed by atoms with Gasteiger partial charge in [0.25, 0.3) is 0 Å². The molecule has 0 fully saturated rings. The van der Waals surface area contributed by atoms with E-state index in [1.54, 1.807) is 6.92 Å². The van der Waals surface area contributed by atoms with E-state index >= 15 is 0 Å². The highest BCUT2D eigenvalue weighted by Crippen LogP contribution is 2.37. The average molecular weight is 246 g/mol. The highest BCUT2D eigenvalue weighted by molar-refractivity contribution is 5.83. The molecule has 1 aliphatic rings. The lowest BCUT2D eigenvalue weighted by Gasteiger charge is -2.27. The molecule has 0 spiro atoms. The molecule has 0 aliphatic carbocycles. The third-order valence-electron chi connectivity index (χ3n) is 3.02. The lowest BCUT2D eigenvalue weighted by atomic mass is 9.92. The summed E-state index contributed by atoms with van der Waals surface area (Å²) in [5.41, 5.74) is 3.47. The van der Waals surface area contributed by atoms with Gasteiger partial charge in [0.15, 0.2) is 6.10 Å². The van der Waals surface area contributed by atoms with Crippen molar-refractivity contribution < 1.29 is 14.3 Å². The van der Waals surface area contributed by atoms with Crippen molar-refractivity contribution in [1.82, 2.24) is 0 Å². The van der Waals surface area contributed by atoms with Crippen molar-refractivity contribution in [1.29, 1.82) is 0 Å². The number of carbonyl (C=O) groups excluding carboxylic acids is 1. The molecule has 0 N–H and O–H groups in total. The van der Waals surface area contributed by atoms with Gasteiger partial charge in [0.1, 0.15) is 5.75 Å². The minimum atomic E-state index is -0.523. The molecule has 1 unspecified atom stereocenters. The Morgan fingerprint density at radius 2 is 2.11 bits per heavy atom. The van der Waals surface area contributed by atoms with Crippen molar-refractivity contribution >= 4 is 11.5 Å². The zero-order valence-corrected chi connectivity index (χ0v) is 11.0. The van der Waals surface area contributed by atoms with Crippen molar-refractivity contribution in [2.45, 2.75) is 33.3 Å². The van der Waals surface area contributed by atoms with Crippen molar-refractivity contribution in [3.05, 3.63) is 35.4 Å². The van der Waals surface area contributed by atoms with E-state index in [4.69, 9.17) is 9.47 Å². The minimum absolute atomic E-state index is 0.286. The van der Waals surface area contributed by atoms with Gasteiger partial charge in [-0.3, -0.25) is 0 Å². The predicted molar refractivity (Wildman–Crippen MR) is 70.4 cm³/mol. The SMILES string of the molecule is CCOC(=O)C1CC(=C(C)C)c2ccccc2O1. The Bertz CT molecular complexity index is 484. The number of hydrogen-bond acceptors (Lipinski definition) is 3. The van der Waals surface area contributed by atoms with E-state index in [1.165, 1.54) is 11.1 Å². The van der Waals surface area contributed by atoms with Crippen LogP contribution in [0.1, 0.15) is 32.8 Å². The first-order valence-electron chi connectivity index (χ1n) is 6.22. The average Bonchev–Trinajstić information content (AvgIpc) is 2.37. The van der Waals surface area contributed by atoms with Crippen LogP contribution in [0.15, 0.2) is 29.8 Å². The molecule has 3 heteroatoms. The van der Waals surface area contributed by atoms with Gasteiger partial charge in [-0.05, 0) is 32.4 Å². The van der Waals surface area contributed by atoms with Crippen LogP contribution in [0, 0.1) is 0 Å². The minimum Gasteiger partial charge on any atom is -0.478 e. The van der Waals surface area contributed by atoms with Gasteiger partial charge < -0.3 is 9.47 Å². The number of hydrogen-bond donors (Lipinski definition) is 0. The molecule has 0 amide bonds. The molecule has 0 aromatic heterocycles. The van der Waals surface area contributed by atoms with Crippen LogP contribution in [-0.4, -0.2) is 18.7 Å². The van der Waals surface area contributed by atoms with Crippen molar-refractivity contribution in [2.24, 2.45) is 0 Å². The first-order chi connectivity index (χ1) is 8.63. The lowest BCUT2D eigenvalue weighted by Crippen LogP contribution is -2.32. The quantitative estimate of drug-likeness (QED) is 0.752. The van der Waals surface area contributed by atoms with Gasteiger partial charge in [-0.1, -0.05) is 23.8 Å². The number of rotatable bonds is 2. The van der Waals surface area contributed by atoms with E-state index in [0.29, 0.717) is 13.0 Å². The Morgan fingerprint density at radius 3 is 2.78 bits per heavy atom. The van der Waals surface area contributed by atoms with E-state index in [-0.39, 0.29) is 5.97 Å². The molecule has 1 heterocycles. The molecular weight excluding hydrogens is 228 g/mol. The topological polar surface area (TPSA) is 35.5 Å². The van der Waals surface area contributed by atoms with E-state index in [0.717, 1.165) is 11.3 Å². The van der Waals surface area contributed by atoms with Crippen molar-refractivity contribution in [2.75, 3.05) is 6.61 Å². The normalized spacial score (nSPS) is 17.7. The monoisotopic (exact) mass is 246 g/mol. The van der Waals surface area contributed by atoms with Crippen molar-refractivity contribution in [3.63, 3.8) is 0 Å². The van der Waals surface area contributed by atoms with Gasteiger partial charge in [-0.15, -0.1) is 0 Å². The smallest absolute Gasteiger partial charge is 0.347 e. The summed E-state index contributed by atoms with van der Waals surface area (Å²) in [6.45, 7) is 6.29. The van der Waals surface area contributed by atoms with Crippen LogP contribution in [0.5, 0.6) is 5.75 Å². The number of benzene rings is 1. The van der Waals surface area contributed by atoms with Crippen LogP contribution in [0.25, 0.3) is 5.57 Å². The Labute approximate surface area is 107 Å². The first kappa shape index (κ1) is 12.7. The van der Waals surface area contributed by atoms with E-state index in [1.807, 2.05) is 24.3 Å². The van der Waals surface area contributed by atoms with Crippen LogP contribution >= 0.6 is 0 Å². The summed E-state index contributed by atoms with van der Waals surface area (Å²) in [5.74, 6) is 0.476. The van der Waals surface area contributed by atoms with Crippen molar-refractivity contribution in [3.8, 4) is 5.75 Å². The molecule has 2 rings (SSSR count). The van der Waals surface area contributed by atoms with E-state index in [2.05, 4.69) is 13.8 Å². The molecule has 96 valence electrons. The number of ether oxygens (including phenoxy) is 2. The van der Waals surface area contributed by atoms with E-state index < -0.39 is 6.10 Å². The summed E-state index contributed by atoms with van der Waals surface area (Å²) in [7, 11) is 0. The van der Waals surface area contributed by atoms with Gasteiger partial charge in [0.2, 0.25) is 0 Å². The second-order valence-corrected chi connectivity index (χ2v) is 4.54. The second kappa shape index (κ2) is 5.25. The Balaban J connectivity index is 2.35. The van der Waals surface area contributed by atoms with Gasteiger partial charge in [0, 0.05) is 12.0 Å². The highest BCUT2D eigenvalue weighted by Gasteiger charge is 2.30. The Hall–Kier alpha value is -1.77. The van der Waals surface area contributed by atoms with Crippen LogP contribution < -0.4 is 4.74 Å². The van der Waals surface area contributed by atoms with Gasteiger partial charge in [-0.25, -0.2) is 4.79 Å². The van der Waals surface area contributed by atoms with Crippen LogP contribution in [-0.2, 0) is 9.53 Å². The maximum Gasteiger partial charge on any atom is 0.347 e. The molecule has 1 aromatic carbocycles. The maximum atomic E-state index is 11.8. The van der Waals surface area contributed by atoms with Crippen LogP contribution in [0.4, 0.5) is 0 Å². The first-order valence-corrected chi connectivity index (χ1v) is 6.22. The molecule has 0 radical (unpaired) electrons. The van der Waals surface area contributed by atoms with Crippen LogP contribution in [0.3, 0.4) is 0 Å². The molecule has 3 nitrogen and oxygen atoms in total. The summed E-state index contributed by atoms with van der Waals surface area (Å²) in [6, 6.07) is 7.81. The number of esters is 1. The molecular formula is C15H18O3. The Kier molecular flexibility index (Phi) is 3.70. The summed E-state index contributed by atoms with van der Waals surface area (Å²) in [5, 5.41) is 0. The second-order valence-electron chi connectivity index (χ2n) is 4.54. The van der Waals surface area contributed by atoms with Gasteiger partial charge >= 0.3 is 5.97 Å². The zero-order chi connectivity index (χ0) is 13.1. The molecule has 18 heavy (non-hydrogen) atoms. The summed E-state index contributed by atoms with van der Waals surface area (Å²) in [6.07, 6.45) is 0.0581. The zero-order valence-electron chi connectivity index (χ0n) is 11.0. The summed E-state index contributed by atoms with van der Waals surface area (Å²) >= 11 is 0. The maximum absolute atomic E-state index is 11.8. The van der Waals surface area contributed by atoms with Crippen LogP contribution in [0.2, 0.25) is 0 Å². The fourth-order valence-electron chi connectivity index (χ4n) is 2.15. The summed E-state index contributed by atoms with van der Waals surface area (Å²) < 4.78 is 10.8. The van der Waals surface area contributed by atoms with E-state index in [9.17, 15) is 4.79 Å². The Morgan fingerprint density at radius 1 is 1.39 bits per heavy atom. The molecule has 1 aliphatic heterocycles. The molecule has 0 saturated heterocycles. The van der Waals surface area contributed by atoms with Gasteiger partial charge in [0.05, 0.1) is 6.61 Å². The van der Waals surface area contributed by atoms with Gasteiger partial charge in [-0.2, -0.15) is 0 Å². The number of allylic oxidation sites excluding steroid dienone is 1. The molecule has 0 bridgehead atoms. The number of para-hydroxylation sites is 1. The lowest BCUT2D eigenvalue weighted by molar-refractivity contribution is -0.151. The third-order valence-corrected chi connectivity index (χ3v) is 3.02. The number of fused-ring (bicyclic) bond motifs is 1. The fraction of sp³-hybridized carbons (Fsp3) is 0.400. The predicted octanol–water partition coefficient (Wildman–Crippen LogP) is 3.19. The third kappa shape index (κ3) is 2.40. The number of carbonyl (C=O) groups is 1. The fourth-order valence-corrected chi connectivity index (χ4v) is 2.15. The standard InChI is InChI=1S/C15H18O3/c1-4-17-15(16)14-9-12(10(2)3)11-7-5-6-8-13(11)18-14/h5-8,14H,4,9H2,1-3H3. The highest BCUT2D eigenvalue weighted by atomic mass is 16.6. The molecule has 0 saturated carbocycles. The summed E-state index contributed by atoms with van der Waals surface area (Å²) in [4.78, 5) is 11.8. The molecule has 1 atom stereocenters.